The summed E-state index contributed by atoms with van der Waals surface area (Å²) in [5.41, 5.74) is 2.55. The van der Waals surface area contributed by atoms with Crippen LogP contribution in [0.4, 0.5) is 5.69 Å². The molecule has 0 aromatic heterocycles. The van der Waals surface area contributed by atoms with Gasteiger partial charge in [-0.1, -0.05) is 62.6 Å². The lowest BCUT2D eigenvalue weighted by Crippen LogP contribution is -2.52. The van der Waals surface area contributed by atoms with Gasteiger partial charge in [0.05, 0.1) is 0 Å². The maximum Gasteiger partial charge on any atom is 0.695 e. The first-order chi connectivity index (χ1) is 19.1. The fourth-order valence-corrected chi connectivity index (χ4v) is 5.15. The number of nitrogens with zero attached hydrogens (tertiary/aromatic N) is 1. The van der Waals surface area contributed by atoms with Gasteiger partial charge in [0.1, 0.15) is 6.61 Å². The van der Waals surface area contributed by atoms with Crippen molar-refractivity contribution in [2.45, 2.75) is 89.8 Å². The number of amides is 2. The van der Waals surface area contributed by atoms with E-state index >= 15 is 0 Å². The smallest absolute Gasteiger partial charge is 0.353 e. The van der Waals surface area contributed by atoms with Crippen LogP contribution in [0.2, 0.25) is 5.02 Å². The molecule has 3 N–H and O–H groups in total. The first-order valence-corrected chi connectivity index (χ1v) is 15.5. The molecular formula is C30H44ClN3O5P+. The van der Waals surface area contributed by atoms with Gasteiger partial charge in [-0.05, 0) is 81.6 Å². The molecule has 0 radical (unpaired) electrons. The summed E-state index contributed by atoms with van der Waals surface area (Å²) < 4.78 is 15.3. The molecule has 1 aliphatic carbocycles. The van der Waals surface area contributed by atoms with Gasteiger partial charge in [-0.3, -0.25) is 9.59 Å². The van der Waals surface area contributed by atoms with Crippen LogP contribution in [0.5, 0.6) is 0 Å². The molecule has 3 rings (SSSR count). The Balaban J connectivity index is 0.00000131. The van der Waals surface area contributed by atoms with Crippen molar-refractivity contribution in [1.29, 1.82) is 0 Å². The van der Waals surface area contributed by atoms with Crippen LogP contribution < -0.4 is 10.6 Å². The Morgan fingerprint density at radius 1 is 1.02 bits per heavy atom. The van der Waals surface area contributed by atoms with E-state index in [0.29, 0.717) is 11.3 Å². The summed E-state index contributed by atoms with van der Waals surface area (Å²) in [4.78, 5) is 35.7. The van der Waals surface area contributed by atoms with Gasteiger partial charge in [0, 0.05) is 39.7 Å². The van der Waals surface area contributed by atoms with E-state index < -0.39 is 8.25 Å². The third-order valence-corrected chi connectivity index (χ3v) is 7.90. The molecule has 2 aromatic carbocycles. The van der Waals surface area contributed by atoms with E-state index in [1.165, 1.54) is 18.4 Å². The Labute approximate surface area is 244 Å². The van der Waals surface area contributed by atoms with E-state index in [4.69, 9.17) is 16.5 Å². The second-order valence-corrected chi connectivity index (χ2v) is 11.7. The minimum absolute atomic E-state index is 0.0114. The number of carbonyl (C=O) groups is 2. The van der Waals surface area contributed by atoms with Gasteiger partial charge in [-0.15, -0.1) is 9.42 Å². The van der Waals surface area contributed by atoms with Gasteiger partial charge < -0.3 is 15.5 Å². The number of rotatable bonds is 12. The zero-order valence-corrected chi connectivity index (χ0v) is 25.8. The van der Waals surface area contributed by atoms with Crippen LogP contribution in [0.25, 0.3) is 0 Å². The average molecular weight is 593 g/mol. The van der Waals surface area contributed by atoms with Crippen LogP contribution in [0.15, 0.2) is 48.5 Å². The van der Waals surface area contributed by atoms with Gasteiger partial charge in [0.2, 0.25) is 11.8 Å². The standard InChI is InChI=1S/C26H33ClN3O5P.C4H10/c1-30(2)26(17-20-4-3-5-21(27)16-20)14-12-23(13-15-26)29-25(32)11-10-24(31)28-22-8-6-19(7-9-22)18-35-36(33)34;1-3-4-2/h3-9,16,23H,10-15,17-18H2,1-2H3,(H2-,28,29,31,32,33,34);3-4H2,1-2H3/p+1. The van der Waals surface area contributed by atoms with E-state index in [1.807, 2.05) is 18.2 Å². The van der Waals surface area contributed by atoms with Gasteiger partial charge in [0.25, 0.3) is 0 Å². The van der Waals surface area contributed by atoms with Crippen LogP contribution in [-0.4, -0.2) is 47.3 Å². The normalized spacial score (nSPS) is 18.9. The zero-order valence-electron chi connectivity index (χ0n) is 24.1. The SMILES string of the molecule is CCCC.CN(C)C1(Cc2cccc(Cl)c2)CCC(NC(=O)CCC(=O)Nc2ccc(CO[P+](=O)O)cc2)CC1. The number of nitrogens with one attached hydrogen (secondary N) is 2. The molecule has 1 atom stereocenters. The first kappa shape index (κ1) is 33.9. The molecule has 0 bridgehead atoms. The molecule has 2 amide bonds. The predicted molar refractivity (Wildman–Crippen MR) is 161 cm³/mol. The summed E-state index contributed by atoms with van der Waals surface area (Å²) in [5.74, 6) is -0.364. The number of hydrogen-bond donors (Lipinski definition) is 3. The van der Waals surface area contributed by atoms with Gasteiger partial charge in [0.15, 0.2) is 0 Å². The summed E-state index contributed by atoms with van der Waals surface area (Å²) in [6.07, 6.45) is 7.47. The quantitative estimate of drug-likeness (QED) is 0.239. The molecule has 1 saturated carbocycles. The fourth-order valence-electron chi connectivity index (χ4n) is 4.67. The van der Waals surface area contributed by atoms with Crippen LogP contribution in [-0.2, 0) is 31.7 Å². The van der Waals surface area contributed by atoms with Gasteiger partial charge in [-0.25, -0.2) is 0 Å². The lowest BCUT2D eigenvalue weighted by atomic mass is 9.75. The molecule has 0 heterocycles. The number of halogens is 1. The predicted octanol–water partition coefficient (Wildman–Crippen LogP) is 6.63. The lowest BCUT2D eigenvalue weighted by molar-refractivity contribution is -0.125. The molecule has 1 unspecified atom stereocenters. The largest absolute Gasteiger partial charge is 0.695 e. The maximum atomic E-state index is 12.5. The van der Waals surface area contributed by atoms with Crippen molar-refractivity contribution < 1.29 is 23.6 Å². The highest BCUT2D eigenvalue weighted by Crippen LogP contribution is 2.36. The average Bonchev–Trinajstić information content (AvgIpc) is 2.93. The van der Waals surface area contributed by atoms with Crippen molar-refractivity contribution in [3.8, 4) is 0 Å². The molecule has 2 aromatic rings. The molecule has 40 heavy (non-hydrogen) atoms. The van der Waals surface area contributed by atoms with Crippen molar-refractivity contribution in [3.05, 3.63) is 64.7 Å². The zero-order chi connectivity index (χ0) is 29.5. The van der Waals surface area contributed by atoms with E-state index in [9.17, 15) is 14.2 Å². The van der Waals surface area contributed by atoms with Crippen LogP contribution >= 0.6 is 19.9 Å². The van der Waals surface area contributed by atoms with Crippen LogP contribution in [0.3, 0.4) is 0 Å². The second kappa shape index (κ2) is 17.5. The molecule has 0 aliphatic heterocycles. The third-order valence-electron chi connectivity index (χ3n) is 7.31. The number of anilines is 1. The number of likely N-dealkylation sites (N-methyl/N-ethyl adjacent to an activating group) is 1. The Morgan fingerprint density at radius 3 is 2.20 bits per heavy atom. The summed E-state index contributed by atoms with van der Waals surface area (Å²) in [6, 6.07) is 14.9. The monoisotopic (exact) mass is 592 g/mol. The van der Waals surface area contributed by atoms with Crippen molar-refractivity contribution in [1.82, 2.24) is 10.2 Å². The number of carbonyl (C=O) groups excluding carboxylic acids is 2. The van der Waals surface area contributed by atoms with Crippen LogP contribution in [0, 0.1) is 0 Å². The van der Waals surface area contributed by atoms with Crippen molar-refractivity contribution in [2.75, 3.05) is 19.4 Å². The molecule has 8 nitrogen and oxygen atoms in total. The van der Waals surface area contributed by atoms with Crippen molar-refractivity contribution >= 4 is 37.4 Å². The highest BCUT2D eigenvalue weighted by Gasteiger charge is 2.37. The fraction of sp³-hybridized carbons (Fsp3) is 0.533. The maximum absolute atomic E-state index is 12.5. The second-order valence-electron chi connectivity index (χ2n) is 10.5. The summed E-state index contributed by atoms with van der Waals surface area (Å²) in [7, 11) is 1.58. The molecular weight excluding hydrogens is 549 g/mol. The number of benzene rings is 2. The van der Waals surface area contributed by atoms with Crippen molar-refractivity contribution in [3.63, 3.8) is 0 Å². The highest BCUT2D eigenvalue weighted by atomic mass is 35.5. The van der Waals surface area contributed by atoms with Crippen LogP contribution in [0.1, 0.15) is 76.3 Å². The van der Waals surface area contributed by atoms with Gasteiger partial charge in [-0.2, -0.15) is 0 Å². The van der Waals surface area contributed by atoms with E-state index in [-0.39, 0.29) is 42.8 Å². The Morgan fingerprint density at radius 2 is 1.65 bits per heavy atom. The molecule has 220 valence electrons. The minimum atomic E-state index is -2.65. The van der Waals surface area contributed by atoms with E-state index in [2.05, 4.69) is 54.1 Å². The third kappa shape index (κ3) is 12.0. The van der Waals surface area contributed by atoms with Crippen molar-refractivity contribution in [2.24, 2.45) is 0 Å². The van der Waals surface area contributed by atoms with E-state index in [1.54, 1.807) is 24.3 Å². The topological polar surface area (TPSA) is 108 Å². The molecule has 0 saturated heterocycles. The highest BCUT2D eigenvalue weighted by molar-refractivity contribution is 7.32. The van der Waals surface area contributed by atoms with Gasteiger partial charge >= 0.3 is 8.25 Å². The van der Waals surface area contributed by atoms with E-state index in [0.717, 1.165) is 37.1 Å². The molecule has 1 fully saturated rings. The molecule has 10 heteroatoms. The summed E-state index contributed by atoms with van der Waals surface area (Å²) in [5, 5.41) is 6.61. The molecule has 1 aliphatic rings. The molecule has 0 spiro atoms. The summed E-state index contributed by atoms with van der Waals surface area (Å²) >= 11 is 6.18. The number of hydrogen-bond acceptors (Lipinski definition) is 5. The summed E-state index contributed by atoms with van der Waals surface area (Å²) in [6.45, 7) is 4.37. The lowest BCUT2D eigenvalue weighted by Gasteiger charge is -2.45. The minimum Gasteiger partial charge on any atom is -0.353 e. The number of unbranched alkanes of at least 4 members (excludes halogenated alkanes) is 1. The first-order valence-electron chi connectivity index (χ1n) is 14.0. The Bertz CT molecular complexity index is 1090. The Kier molecular flexibility index (Phi) is 14.8. The Hall–Kier alpha value is -2.35.